The number of aryl methyl sites for hydroxylation is 1. The molecule has 140 valence electrons. The Morgan fingerprint density at radius 2 is 1.71 bits per heavy atom. The molecule has 2 amide bonds. The van der Waals surface area contributed by atoms with E-state index in [1.54, 1.807) is 31.2 Å². The van der Waals surface area contributed by atoms with Crippen LogP contribution >= 0.6 is 0 Å². The van der Waals surface area contributed by atoms with E-state index in [1.807, 2.05) is 24.3 Å². The number of amides is 2. The van der Waals surface area contributed by atoms with Crippen LogP contribution in [0.15, 0.2) is 64.4 Å². The van der Waals surface area contributed by atoms with Crippen LogP contribution in [-0.2, 0) is 11.2 Å². The first kappa shape index (κ1) is 18.8. The molecule has 0 unspecified atom stereocenters. The van der Waals surface area contributed by atoms with E-state index in [-0.39, 0.29) is 11.5 Å². The van der Waals surface area contributed by atoms with Gasteiger partial charge in [0.15, 0.2) is 0 Å². The summed E-state index contributed by atoms with van der Waals surface area (Å²) in [6, 6.07) is 15.5. The molecule has 0 aliphatic rings. The lowest BCUT2D eigenvalue weighted by Crippen LogP contribution is -2.23. The highest BCUT2D eigenvalue weighted by molar-refractivity contribution is 5.98. The molecule has 28 heavy (non-hydrogen) atoms. The molecule has 0 fully saturated rings. The second-order valence-corrected chi connectivity index (χ2v) is 6.06. The van der Waals surface area contributed by atoms with Gasteiger partial charge in [0.1, 0.15) is 0 Å². The van der Waals surface area contributed by atoms with Gasteiger partial charge in [0, 0.05) is 17.4 Å². The highest BCUT2D eigenvalue weighted by Gasteiger charge is 2.06. The SMILES string of the molecule is Cc1cc(=O)[nH]c(NC(=O)Nc2ccc(Cc3ccc(N=C=O)cc3)cc2)n1. The van der Waals surface area contributed by atoms with Crippen molar-refractivity contribution in [2.24, 2.45) is 4.99 Å². The van der Waals surface area contributed by atoms with Crippen LogP contribution in [0.2, 0.25) is 0 Å². The van der Waals surface area contributed by atoms with Crippen LogP contribution < -0.4 is 16.2 Å². The fourth-order valence-corrected chi connectivity index (χ4v) is 2.59. The number of benzene rings is 2. The normalized spacial score (nSPS) is 10.0. The zero-order chi connectivity index (χ0) is 19.9. The first-order valence-electron chi connectivity index (χ1n) is 8.43. The van der Waals surface area contributed by atoms with Crippen molar-refractivity contribution in [3.8, 4) is 0 Å². The summed E-state index contributed by atoms with van der Waals surface area (Å²) >= 11 is 0. The molecule has 0 bridgehead atoms. The van der Waals surface area contributed by atoms with Crippen LogP contribution in [0.1, 0.15) is 16.8 Å². The Morgan fingerprint density at radius 3 is 2.32 bits per heavy atom. The molecule has 0 radical (unpaired) electrons. The first-order valence-corrected chi connectivity index (χ1v) is 8.43. The smallest absolute Gasteiger partial charge is 0.308 e. The van der Waals surface area contributed by atoms with Gasteiger partial charge in [-0.2, -0.15) is 4.99 Å². The molecule has 3 aromatic rings. The quantitative estimate of drug-likeness (QED) is 0.469. The Balaban J connectivity index is 1.59. The number of nitrogens with one attached hydrogen (secondary N) is 3. The lowest BCUT2D eigenvalue weighted by molar-refractivity contribution is 0.262. The zero-order valence-electron chi connectivity index (χ0n) is 15.0. The number of hydrogen-bond donors (Lipinski definition) is 3. The van der Waals surface area contributed by atoms with Crippen LogP contribution in [0, 0.1) is 6.92 Å². The number of carbonyl (C=O) groups is 1. The van der Waals surface area contributed by atoms with E-state index in [1.165, 1.54) is 12.1 Å². The topological polar surface area (TPSA) is 116 Å². The fraction of sp³-hybridized carbons (Fsp3) is 0.100. The number of urea groups is 1. The van der Waals surface area contributed by atoms with Crippen molar-refractivity contribution >= 4 is 29.4 Å². The molecule has 1 heterocycles. The minimum absolute atomic E-state index is 0.0847. The number of hydrogen-bond acceptors (Lipinski definition) is 5. The predicted molar refractivity (Wildman–Crippen MR) is 106 cm³/mol. The largest absolute Gasteiger partial charge is 0.326 e. The molecule has 8 heteroatoms. The Kier molecular flexibility index (Phi) is 5.74. The van der Waals surface area contributed by atoms with Crippen LogP contribution in [0.3, 0.4) is 0 Å². The van der Waals surface area contributed by atoms with E-state index < -0.39 is 6.03 Å². The summed E-state index contributed by atoms with van der Waals surface area (Å²) in [6.45, 7) is 1.67. The molecule has 3 N–H and O–H groups in total. The van der Waals surface area contributed by atoms with E-state index in [4.69, 9.17) is 0 Å². The molecular formula is C20H17N5O3. The van der Waals surface area contributed by atoms with Crippen LogP contribution in [0.4, 0.5) is 22.1 Å². The van der Waals surface area contributed by atoms with E-state index >= 15 is 0 Å². The van der Waals surface area contributed by atoms with Crippen molar-refractivity contribution in [3.63, 3.8) is 0 Å². The number of aromatic amines is 1. The van der Waals surface area contributed by atoms with Gasteiger partial charge in [-0.3, -0.25) is 15.1 Å². The highest BCUT2D eigenvalue weighted by atomic mass is 16.2. The average molecular weight is 375 g/mol. The fourth-order valence-electron chi connectivity index (χ4n) is 2.59. The van der Waals surface area contributed by atoms with Crippen molar-refractivity contribution in [2.45, 2.75) is 13.3 Å². The van der Waals surface area contributed by atoms with Crippen molar-refractivity contribution < 1.29 is 9.59 Å². The Hall–Kier alpha value is -4.03. The van der Waals surface area contributed by atoms with Crippen molar-refractivity contribution in [3.05, 3.63) is 81.8 Å². The number of nitrogens with zero attached hydrogens (tertiary/aromatic N) is 2. The number of isocyanates is 1. The number of H-pyrrole nitrogens is 1. The van der Waals surface area contributed by atoms with Gasteiger partial charge in [0.25, 0.3) is 5.56 Å². The van der Waals surface area contributed by atoms with E-state index in [2.05, 4.69) is 25.6 Å². The summed E-state index contributed by atoms with van der Waals surface area (Å²) in [5.41, 5.74) is 3.47. The van der Waals surface area contributed by atoms with Gasteiger partial charge in [-0.1, -0.05) is 24.3 Å². The van der Waals surface area contributed by atoms with E-state index in [0.717, 1.165) is 11.1 Å². The maximum absolute atomic E-state index is 12.0. The number of anilines is 2. The Bertz CT molecular complexity index is 1080. The molecule has 0 aliphatic heterocycles. The second kappa shape index (κ2) is 8.57. The van der Waals surface area contributed by atoms with Crippen molar-refractivity contribution in [1.29, 1.82) is 0 Å². The second-order valence-electron chi connectivity index (χ2n) is 6.06. The van der Waals surface area contributed by atoms with Crippen molar-refractivity contribution in [1.82, 2.24) is 9.97 Å². The molecule has 2 aromatic carbocycles. The maximum Gasteiger partial charge on any atom is 0.326 e. The number of aromatic nitrogens is 2. The van der Waals surface area contributed by atoms with Gasteiger partial charge in [0.2, 0.25) is 12.0 Å². The third kappa shape index (κ3) is 5.23. The summed E-state index contributed by atoms with van der Waals surface area (Å²) in [5, 5.41) is 5.17. The van der Waals surface area contributed by atoms with Crippen LogP contribution in [0.5, 0.6) is 0 Å². The molecule has 0 saturated heterocycles. The summed E-state index contributed by atoms with van der Waals surface area (Å²) in [5.74, 6) is 0.0847. The Labute approximate surface area is 160 Å². The maximum atomic E-state index is 12.0. The third-order valence-corrected chi connectivity index (χ3v) is 3.83. The molecule has 0 atom stereocenters. The zero-order valence-corrected chi connectivity index (χ0v) is 15.0. The Morgan fingerprint density at radius 1 is 1.07 bits per heavy atom. The summed E-state index contributed by atoms with van der Waals surface area (Å²) < 4.78 is 0. The molecular weight excluding hydrogens is 358 g/mol. The van der Waals surface area contributed by atoms with Crippen LogP contribution in [-0.4, -0.2) is 22.1 Å². The highest BCUT2D eigenvalue weighted by Crippen LogP contribution is 2.17. The number of rotatable bonds is 5. The molecule has 0 spiro atoms. The predicted octanol–water partition coefficient (Wildman–Crippen LogP) is 3.28. The van der Waals surface area contributed by atoms with Gasteiger partial charge < -0.3 is 5.32 Å². The van der Waals surface area contributed by atoms with Gasteiger partial charge in [-0.15, -0.1) is 0 Å². The van der Waals surface area contributed by atoms with Gasteiger partial charge in [-0.25, -0.2) is 14.6 Å². The lowest BCUT2D eigenvalue weighted by Gasteiger charge is -2.08. The third-order valence-electron chi connectivity index (χ3n) is 3.83. The summed E-state index contributed by atoms with van der Waals surface area (Å²) in [4.78, 5) is 43.7. The monoisotopic (exact) mass is 375 g/mol. The molecule has 1 aromatic heterocycles. The molecule has 0 aliphatic carbocycles. The van der Waals surface area contributed by atoms with Gasteiger partial charge in [-0.05, 0) is 48.7 Å². The van der Waals surface area contributed by atoms with Gasteiger partial charge >= 0.3 is 6.03 Å². The molecule has 0 saturated carbocycles. The standard InChI is InChI=1S/C20H17N5O3/c1-13-10-18(27)24-19(22-13)25-20(28)23-17-8-4-15(5-9-17)11-14-2-6-16(7-3-14)21-12-26/h2-10H,11H2,1H3,(H3,22,23,24,25,27,28). The average Bonchev–Trinajstić information content (AvgIpc) is 2.64. The van der Waals surface area contributed by atoms with E-state index in [0.29, 0.717) is 23.5 Å². The number of aliphatic imine (C=N–C) groups is 1. The minimum Gasteiger partial charge on any atom is -0.308 e. The molecule has 3 rings (SSSR count). The van der Waals surface area contributed by atoms with Crippen molar-refractivity contribution in [2.75, 3.05) is 10.6 Å². The minimum atomic E-state index is -0.507. The van der Waals surface area contributed by atoms with Crippen LogP contribution in [0.25, 0.3) is 0 Å². The summed E-state index contributed by atoms with van der Waals surface area (Å²) in [6.07, 6.45) is 2.21. The summed E-state index contributed by atoms with van der Waals surface area (Å²) in [7, 11) is 0. The van der Waals surface area contributed by atoms with Gasteiger partial charge in [0.05, 0.1) is 5.69 Å². The number of carbonyl (C=O) groups excluding carboxylic acids is 2. The first-order chi connectivity index (χ1) is 13.5. The molecule has 8 nitrogen and oxygen atoms in total. The lowest BCUT2D eigenvalue weighted by atomic mass is 10.0. The van der Waals surface area contributed by atoms with E-state index in [9.17, 15) is 14.4 Å².